The first-order valence-corrected chi connectivity index (χ1v) is 30.4. The van der Waals surface area contributed by atoms with Gasteiger partial charge in [-0.15, -0.1) is 48.1 Å². The second-order valence-electron chi connectivity index (χ2n) is 29.0. The van der Waals surface area contributed by atoms with E-state index in [9.17, 15) is 16.4 Å². The van der Waals surface area contributed by atoms with Crippen molar-refractivity contribution >= 4 is 44.6 Å². The molecule has 6 heteroatoms. The van der Waals surface area contributed by atoms with Crippen LogP contribution in [-0.2, 0) is 53.6 Å². The van der Waals surface area contributed by atoms with E-state index >= 15 is 0 Å². The molecule has 0 saturated carbocycles. The Bertz CT molecular complexity index is 5660. The van der Waals surface area contributed by atoms with E-state index in [0.717, 1.165) is 0 Å². The van der Waals surface area contributed by atoms with E-state index in [1.54, 1.807) is 41.6 Å². The molecular formula is C84H85N4OPt-3. The average molecular weight is 1380 g/mol. The number of fused-ring (bicyclic) bond motifs is 5. The van der Waals surface area contributed by atoms with Crippen LogP contribution in [0.4, 0.5) is 22.7 Å². The van der Waals surface area contributed by atoms with Crippen molar-refractivity contribution in [3.05, 3.63) is 246 Å². The largest absolute Gasteiger partial charge is 0.509 e. The molecule has 90 heavy (non-hydrogen) atoms. The summed E-state index contributed by atoms with van der Waals surface area (Å²) in [4.78, 5) is 8.54. The van der Waals surface area contributed by atoms with Gasteiger partial charge in [-0.3, -0.25) is 0 Å². The molecule has 0 bridgehead atoms. The van der Waals surface area contributed by atoms with Crippen LogP contribution in [0.1, 0.15) is 183 Å². The molecule has 2 aromatic heterocycles. The van der Waals surface area contributed by atoms with E-state index in [2.05, 4.69) is 26.0 Å². The smallest absolute Gasteiger partial charge is 0.135 e. The zero-order chi connectivity index (χ0) is 79.3. The molecule has 1 aliphatic heterocycles. The van der Waals surface area contributed by atoms with Crippen molar-refractivity contribution in [3.8, 4) is 61.8 Å². The summed E-state index contributed by atoms with van der Waals surface area (Å²) in [5.41, 5.74) is 1.34. The van der Waals surface area contributed by atoms with Gasteiger partial charge in [0.1, 0.15) is 5.82 Å². The molecule has 0 spiro atoms. The Hall–Kier alpha value is -7.98. The first-order chi connectivity index (χ1) is 50.1. The summed E-state index contributed by atoms with van der Waals surface area (Å²) in [6, 6.07) is 21.4. The third-order valence-electron chi connectivity index (χ3n) is 17.3. The minimum absolute atomic E-state index is 0. The predicted molar refractivity (Wildman–Crippen MR) is 376 cm³/mol. The van der Waals surface area contributed by atoms with Crippen LogP contribution in [0.3, 0.4) is 0 Å². The summed E-state index contributed by atoms with van der Waals surface area (Å²) in [6.07, 6.45) is 2.82. The molecule has 0 amide bonds. The number of rotatable bonds is 9. The first kappa shape index (κ1) is 42.9. The van der Waals surface area contributed by atoms with Crippen molar-refractivity contribution in [2.75, 3.05) is 9.80 Å². The van der Waals surface area contributed by atoms with E-state index in [1.165, 1.54) is 6.20 Å². The van der Waals surface area contributed by atoms with Gasteiger partial charge in [-0.05, 0) is 148 Å². The van der Waals surface area contributed by atoms with Gasteiger partial charge in [0, 0.05) is 78.0 Å². The van der Waals surface area contributed by atoms with Crippen molar-refractivity contribution in [3.63, 3.8) is 0 Å². The Balaban J connectivity index is 0.0000111. The SMILES string of the molecule is [2H]c1c([2H])c([2H])c(-c2cnc(-n3c4[c-]c(Oc5[c-]c(N6[CH-]N(c7c(-c8c([2H])c([2H])c(-c9c([2H])c([2H])c(C(C)(C)C)c([2H])c9C(C)(C)C)c([2H])c8[2H])cc(C(C)(C)C)cc7-c7c([2H])c([2H])c8c(c7[2H])C(C)(C)CCC8(C)C)c7ccccc76)ccc5)ccc4c4c([2H])c([2H])c([2H])c([2H])c43)cc2C(C)(C)C)c([2H])c1[2H].[Pt]. The molecule has 2 aliphatic rings. The number of hydrogen-bond acceptors (Lipinski definition) is 4. The second-order valence-corrected chi connectivity index (χ2v) is 29.0. The van der Waals surface area contributed by atoms with Crippen molar-refractivity contribution in [1.29, 1.82) is 0 Å². The fourth-order valence-electron chi connectivity index (χ4n) is 12.2. The third-order valence-corrected chi connectivity index (χ3v) is 17.3. The second kappa shape index (κ2) is 22.7. The molecule has 3 heterocycles. The Morgan fingerprint density at radius 3 is 1.76 bits per heavy atom. The van der Waals surface area contributed by atoms with E-state index < -0.39 is 99.0 Å². The van der Waals surface area contributed by atoms with Crippen LogP contribution >= 0.6 is 0 Å². The molecule has 0 fully saturated rings. The molecule has 0 unspecified atom stereocenters. The average Bonchev–Trinajstić information content (AvgIpc) is 1.41. The quantitative estimate of drug-likeness (QED) is 0.135. The number of ether oxygens (including phenoxy) is 1. The summed E-state index contributed by atoms with van der Waals surface area (Å²) < 4.78 is 188. The van der Waals surface area contributed by atoms with Crippen LogP contribution in [0, 0.1) is 18.8 Å². The number of aromatic nitrogens is 2. The van der Waals surface area contributed by atoms with Crippen molar-refractivity contribution in [2.45, 2.75) is 156 Å². The van der Waals surface area contributed by atoms with Gasteiger partial charge >= 0.3 is 0 Å². The van der Waals surface area contributed by atoms with Gasteiger partial charge in [0.05, 0.1) is 26.0 Å². The van der Waals surface area contributed by atoms with Gasteiger partial charge in [0.15, 0.2) is 0 Å². The van der Waals surface area contributed by atoms with Gasteiger partial charge < -0.3 is 19.1 Å². The van der Waals surface area contributed by atoms with Gasteiger partial charge in [-0.2, -0.15) is 12.1 Å². The van der Waals surface area contributed by atoms with Crippen LogP contribution in [0.2, 0.25) is 0 Å². The normalized spacial score (nSPS) is 17.8. The summed E-state index contributed by atoms with van der Waals surface area (Å²) in [5.74, 6) is 0.491. The molecule has 0 radical (unpaired) electrons. The fraction of sp³-hybridized carbons (Fsp3) is 0.286. The van der Waals surface area contributed by atoms with Gasteiger partial charge in [-0.1, -0.05) is 237 Å². The number of benzene rings is 9. The predicted octanol–water partition coefficient (Wildman–Crippen LogP) is 23.2. The van der Waals surface area contributed by atoms with Gasteiger partial charge in [0.2, 0.25) is 0 Å². The Kier molecular flexibility index (Phi) is 10.8. The Labute approximate surface area is 577 Å². The maximum atomic E-state index is 10.5. The molecule has 9 aromatic carbocycles. The topological polar surface area (TPSA) is 33.5 Å². The number of para-hydroxylation sites is 3. The zero-order valence-electron chi connectivity index (χ0n) is 73.0. The van der Waals surface area contributed by atoms with Crippen LogP contribution in [0.15, 0.2) is 194 Å². The van der Waals surface area contributed by atoms with Gasteiger partial charge in [-0.25, -0.2) is 4.98 Å². The van der Waals surface area contributed by atoms with E-state index in [0.29, 0.717) is 74.2 Å². The summed E-state index contributed by atoms with van der Waals surface area (Å²) in [5, 5.41) is 0.550. The molecule has 460 valence electrons. The zero-order valence-corrected chi connectivity index (χ0v) is 56.3. The molecule has 11 aromatic rings. The molecule has 0 atom stereocenters. The number of nitrogens with zero attached hydrogens (tertiary/aromatic N) is 4. The molecule has 0 N–H and O–H groups in total. The summed E-state index contributed by atoms with van der Waals surface area (Å²) in [6.45, 7) is 32.8. The van der Waals surface area contributed by atoms with Gasteiger partial charge in [0.25, 0.3) is 0 Å². The van der Waals surface area contributed by atoms with Crippen LogP contribution in [-0.4, -0.2) is 9.55 Å². The minimum Gasteiger partial charge on any atom is -0.509 e. The maximum Gasteiger partial charge on any atom is 0.135 e. The fourth-order valence-corrected chi connectivity index (χ4v) is 12.2. The maximum absolute atomic E-state index is 10.5. The van der Waals surface area contributed by atoms with Crippen molar-refractivity contribution < 1.29 is 51.8 Å². The standard InChI is InChI=1S/C84H85N4O.Pt/c1-79(2,3)58-38-40-63(70(48-58)81(7,8)9)55-33-35-56(36-34-55)66-46-59(80(4,5)6)47-67(57-37-42-69-72(45-57)84(15,16)44-43-83(69,13)14)78(66)87-53-86(74-31-22-23-32-75(74)87)60-27-24-28-61(49-60)89-62-39-41-65-64-29-20-21-30-73(64)88(76(65)50-62)77-51-71(82(10,11)12)68(52-85-77)54-25-18-17-19-26-54;/h17-42,45-48,51-53H,43-44H2,1-16H3;/q-3;/i17D,18D,19D,20D,21D,25D,26D,29D,30D,33D,34D,35D,36D,37D,38D,40D,42D,45D,48D;. The Morgan fingerprint density at radius 1 is 0.500 bits per heavy atom. The van der Waals surface area contributed by atoms with E-state index in [4.69, 9.17) is 19.3 Å². The van der Waals surface area contributed by atoms with E-state index in [-0.39, 0.29) is 148 Å². The van der Waals surface area contributed by atoms with Crippen molar-refractivity contribution in [2.24, 2.45) is 0 Å². The summed E-state index contributed by atoms with van der Waals surface area (Å²) in [7, 11) is 0. The Morgan fingerprint density at radius 2 is 1.09 bits per heavy atom. The van der Waals surface area contributed by atoms with Crippen LogP contribution < -0.4 is 14.5 Å². The summed E-state index contributed by atoms with van der Waals surface area (Å²) >= 11 is 0. The molecule has 13 rings (SSSR count). The molecule has 0 saturated heterocycles. The minimum atomic E-state index is -0.886. The third kappa shape index (κ3) is 11.4. The monoisotopic (exact) mass is 1380 g/mol. The van der Waals surface area contributed by atoms with E-state index in [1.807, 2.05) is 149 Å². The van der Waals surface area contributed by atoms with Crippen LogP contribution in [0.5, 0.6) is 11.5 Å². The van der Waals surface area contributed by atoms with Crippen LogP contribution in [0.25, 0.3) is 72.1 Å². The molecule has 1 aliphatic carbocycles. The number of pyridine rings is 1. The number of hydrogen-bond donors (Lipinski definition) is 0. The first-order valence-electron chi connectivity index (χ1n) is 39.9. The molecular weight excluding hydrogens is 1280 g/mol. The number of anilines is 4. The molecule has 5 nitrogen and oxygen atoms in total. The van der Waals surface area contributed by atoms with Crippen molar-refractivity contribution in [1.82, 2.24) is 9.55 Å².